The van der Waals surface area contributed by atoms with Crippen LogP contribution in [0.4, 0.5) is 0 Å². The molecule has 3 nitrogen and oxygen atoms in total. The third-order valence-corrected chi connectivity index (χ3v) is 4.04. The van der Waals surface area contributed by atoms with Crippen LogP contribution >= 0.6 is 0 Å². The van der Waals surface area contributed by atoms with Gasteiger partial charge in [0, 0.05) is 19.1 Å². The number of hydrogen-bond acceptors (Lipinski definition) is 3. The van der Waals surface area contributed by atoms with Crippen LogP contribution in [0.3, 0.4) is 0 Å². The van der Waals surface area contributed by atoms with E-state index >= 15 is 0 Å². The third-order valence-electron chi connectivity index (χ3n) is 4.04. The van der Waals surface area contributed by atoms with Gasteiger partial charge in [0.15, 0.2) is 0 Å². The summed E-state index contributed by atoms with van der Waals surface area (Å²) in [6.45, 7) is 6.31. The monoisotopic (exact) mass is 211 g/mol. The van der Waals surface area contributed by atoms with Crippen molar-refractivity contribution in [3.63, 3.8) is 0 Å². The molecule has 0 aromatic heterocycles. The molecule has 0 amide bonds. The Kier molecular flexibility index (Phi) is 4.00. The van der Waals surface area contributed by atoms with E-state index in [2.05, 4.69) is 29.2 Å². The molecular formula is C12H25N3. The lowest BCUT2D eigenvalue weighted by molar-refractivity contribution is 0.236. The molecule has 0 saturated carbocycles. The van der Waals surface area contributed by atoms with Crippen LogP contribution in [-0.2, 0) is 0 Å². The van der Waals surface area contributed by atoms with E-state index in [9.17, 15) is 0 Å². The lowest BCUT2D eigenvalue weighted by atomic mass is 10.0. The molecule has 0 spiro atoms. The second-order valence-electron chi connectivity index (χ2n) is 5.33. The van der Waals surface area contributed by atoms with Gasteiger partial charge in [0.25, 0.3) is 0 Å². The second kappa shape index (κ2) is 5.28. The SMILES string of the molecule is CN1CCC(CCN(C)C2CCNC2)C1. The first-order chi connectivity index (χ1) is 7.25. The van der Waals surface area contributed by atoms with Gasteiger partial charge < -0.3 is 15.1 Å². The zero-order valence-electron chi connectivity index (χ0n) is 10.2. The summed E-state index contributed by atoms with van der Waals surface area (Å²) in [5.74, 6) is 0.951. The molecule has 2 unspecified atom stereocenters. The fourth-order valence-electron chi connectivity index (χ4n) is 2.85. The van der Waals surface area contributed by atoms with Gasteiger partial charge in [-0.25, -0.2) is 0 Å². The standard InChI is InChI=1S/C12H25N3/c1-14-7-4-11(10-14)5-8-15(2)12-3-6-13-9-12/h11-13H,3-10H2,1-2H3. The van der Waals surface area contributed by atoms with Crippen molar-refractivity contribution in [2.75, 3.05) is 46.8 Å². The molecule has 2 fully saturated rings. The molecule has 2 saturated heterocycles. The van der Waals surface area contributed by atoms with E-state index in [-0.39, 0.29) is 0 Å². The Morgan fingerprint density at radius 3 is 2.87 bits per heavy atom. The van der Waals surface area contributed by atoms with Gasteiger partial charge in [-0.1, -0.05) is 0 Å². The van der Waals surface area contributed by atoms with Crippen LogP contribution in [0.15, 0.2) is 0 Å². The lowest BCUT2D eigenvalue weighted by Crippen LogP contribution is -2.35. The molecule has 0 radical (unpaired) electrons. The molecule has 3 heteroatoms. The predicted octanol–water partition coefficient (Wildman–Crippen LogP) is 0.622. The average Bonchev–Trinajstić information content (AvgIpc) is 2.84. The van der Waals surface area contributed by atoms with Crippen molar-refractivity contribution in [3.8, 4) is 0 Å². The Morgan fingerprint density at radius 2 is 2.27 bits per heavy atom. The summed E-state index contributed by atoms with van der Waals surface area (Å²) < 4.78 is 0. The molecule has 0 bridgehead atoms. The summed E-state index contributed by atoms with van der Waals surface area (Å²) in [7, 11) is 4.53. The van der Waals surface area contributed by atoms with Gasteiger partial charge in [-0.2, -0.15) is 0 Å². The molecule has 2 aliphatic rings. The smallest absolute Gasteiger partial charge is 0.0229 e. The highest BCUT2D eigenvalue weighted by Crippen LogP contribution is 2.19. The van der Waals surface area contributed by atoms with E-state index in [1.54, 1.807) is 0 Å². The molecule has 1 N–H and O–H groups in total. The first-order valence-corrected chi connectivity index (χ1v) is 6.35. The Labute approximate surface area is 93.8 Å². The molecule has 0 aromatic carbocycles. The van der Waals surface area contributed by atoms with Gasteiger partial charge >= 0.3 is 0 Å². The van der Waals surface area contributed by atoms with Gasteiger partial charge in [0.2, 0.25) is 0 Å². The fraction of sp³-hybridized carbons (Fsp3) is 1.00. The summed E-state index contributed by atoms with van der Waals surface area (Å²) in [6.07, 6.45) is 4.13. The minimum Gasteiger partial charge on any atom is -0.315 e. The third kappa shape index (κ3) is 3.16. The lowest BCUT2D eigenvalue weighted by Gasteiger charge is -2.24. The minimum absolute atomic E-state index is 0.795. The molecular weight excluding hydrogens is 186 g/mol. The van der Waals surface area contributed by atoms with Crippen molar-refractivity contribution in [1.29, 1.82) is 0 Å². The maximum Gasteiger partial charge on any atom is 0.0229 e. The maximum absolute atomic E-state index is 3.44. The summed E-state index contributed by atoms with van der Waals surface area (Å²) in [6, 6.07) is 0.795. The Balaban J connectivity index is 1.64. The van der Waals surface area contributed by atoms with Crippen LogP contribution in [0.25, 0.3) is 0 Å². The molecule has 15 heavy (non-hydrogen) atoms. The first-order valence-electron chi connectivity index (χ1n) is 6.35. The molecule has 0 aliphatic carbocycles. The molecule has 2 atom stereocenters. The van der Waals surface area contributed by atoms with Gasteiger partial charge in [-0.3, -0.25) is 0 Å². The highest BCUT2D eigenvalue weighted by atomic mass is 15.2. The van der Waals surface area contributed by atoms with Crippen LogP contribution < -0.4 is 5.32 Å². The van der Waals surface area contributed by atoms with Crippen LogP contribution in [0.5, 0.6) is 0 Å². The van der Waals surface area contributed by atoms with E-state index in [0.29, 0.717) is 0 Å². The van der Waals surface area contributed by atoms with E-state index in [0.717, 1.165) is 12.0 Å². The number of likely N-dealkylation sites (tertiary alicyclic amines) is 1. The van der Waals surface area contributed by atoms with Gasteiger partial charge in [-0.05, 0) is 58.9 Å². The van der Waals surface area contributed by atoms with Crippen LogP contribution in [-0.4, -0.2) is 62.7 Å². The zero-order chi connectivity index (χ0) is 10.7. The van der Waals surface area contributed by atoms with Crippen molar-refractivity contribution in [1.82, 2.24) is 15.1 Å². The summed E-state index contributed by atoms with van der Waals surface area (Å²) in [4.78, 5) is 5.01. The number of hydrogen-bond donors (Lipinski definition) is 1. The number of rotatable bonds is 4. The van der Waals surface area contributed by atoms with E-state index in [1.165, 1.54) is 52.0 Å². The minimum atomic E-state index is 0.795. The first kappa shape index (κ1) is 11.4. The Bertz CT molecular complexity index is 189. The number of likely N-dealkylation sites (N-methyl/N-ethyl adjacent to an activating group) is 1. The topological polar surface area (TPSA) is 18.5 Å². The molecule has 2 aliphatic heterocycles. The molecule has 2 heterocycles. The van der Waals surface area contributed by atoms with Crippen LogP contribution in [0.2, 0.25) is 0 Å². The van der Waals surface area contributed by atoms with Crippen molar-refractivity contribution >= 4 is 0 Å². The van der Waals surface area contributed by atoms with E-state index in [1.807, 2.05) is 0 Å². The number of nitrogens with zero attached hydrogens (tertiary/aromatic N) is 2. The van der Waals surface area contributed by atoms with Crippen molar-refractivity contribution < 1.29 is 0 Å². The van der Waals surface area contributed by atoms with E-state index < -0.39 is 0 Å². The van der Waals surface area contributed by atoms with E-state index in [4.69, 9.17) is 0 Å². The maximum atomic E-state index is 3.44. The fourth-order valence-corrected chi connectivity index (χ4v) is 2.85. The number of nitrogens with one attached hydrogen (secondary N) is 1. The van der Waals surface area contributed by atoms with Gasteiger partial charge in [-0.15, -0.1) is 0 Å². The van der Waals surface area contributed by atoms with Crippen LogP contribution in [0.1, 0.15) is 19.3 Å². The van der Waals surface area contributed by atoms with Crippen molar-refractivity contribution in [3.05, 3.63) is 0 Å². The summed E-state index contributed by atoms with van der Waals surface area (Å²) in [5, 5.41) is 3.44. The van der Waals surface area contributed by atoms with Crippen molar-refractivity contribution in [2.45, 2.75) is 25.3 Å². The van der Waals surface area contributed by atoms with Gasteiger partial charge in [0.05, 0.1) is 0 Å². The normalized spacial score (nSPS) is 33.0. The second-order valence-corrected chi connectivity index (χ2v) is 5.33. The van der Waals surface area contributed by atoms with Crippen molar-refractivity contribution in [2.24, 2.45) is 5.92 Å². The Morgan fingerprint density at radius 1 is 1.40 bits per heavy atom. The average molecular weight is 211 g/mol. The Hall–Kier alpha value is -0.120. The quantitative estimate of drug-likeness (QED) is 0.735. The summed E-state index contributed by atoms with van der Waals surface area (Å²) in [5.41, 5.74) is 0. The zero-order valence-corrected chi connectivity index (χ0v) is 10.2. The predicted molar refractivity (Wildman–Crippen MR) is 64.1 cm³/mol. The molecule has 0 aromatic rings. The molecule has 2 rings (SSSR count). The van der Waals surface area contributed by atoms with Crippen LogP contribution in [0, 0.1) is 5.92 Å². The highest BCUT2D eigenvalue weighted by molar-refractivity contribution is 4.80. The summed E-state index contributed by atoms with van der Waals surface area (Å²) >= 11 is 0. The van der Waals surface area contributed by atoms with Gasteiger partial charge in [0.1, 0.15) is 0 Å². The molecule has 88 valence electrons. The highest BCUT2D eigenvalue weighted by Gasteiger charge is 2.22. The largest absolute Gasteiger partial charge is 0.315 e.